The minimum absolute atomic E-state index is 0.175. The lowest BCUT2D eigenvalue weighted by atomic mass is 9.96. The lowest BCUT2D eigenvalue weighted by Gasteiger charge is -2.22. The summed E-state index contributed by atoms with van der Waals surface area (Å²) < 4.78 is 1.14. The quantitative estimate of drug-likeness (QED) is 0.915. The zero-order chi connectivity index (χ0) is 13.8. The predicted octanol–water partition coefficient (Wildman–Crippen LogP) is 4.16. The van der Waals surface area contributed by atoms with Crippen molar-refractivity contribution in [1.29, 1.82) is 0 Å². The zero-order valence-corrected chi connectivity index (χ0v) is 13.2. The molecule has 1 aromatic carbocycles. The van der Waals surface area contributed by atoms with E-state index in [4.69, 9.17) is 0 Å². The Balaban J connectivity index is 2.48. The molecule has 1 unspecified atom stereocenters. The SMILES string of the molecule is CCNC(c1cnccc1C)c1ccc(C)cc1Br. The lowest BCUT2D eigenvalue weighted by Crippen LogP contribution is -2.23. The number of hydrogen-bond donors (Lipinski definition) is 1. The third-order valence-corrected chi connectivity index (χ3v) is 3.95. The van der Waals surface area contributed by atoms with Crippen LogP contribution in [-0.4, -0.2) is 11.5 Å². The van der Waals surface area contributed by atoms with Crippen molar-refractivity contribution in [3.05, 3.63) is 63.4 Å². The average Bonchev–Trinajstić information content (AvgIpc) is 2.38. The molecular weight excluding hydrogens is 300 g/mol. The normalized spacial score (nSPS) is 12.4. The molecule has 0 aliphatic rings. The molecule has 100 valence electrons. The van der Waals surface area contributed by atoms with Crippen LogP contribution in [0.5, 0.6) is 0 Å². The monoisotopic (exact) mass is 318 g/mol. The van der Waals surface area contributed by atoms with Gasteiger partial charge in [-0.2, -0.15) is 0 Å². The van der Waals surface area contributed by atoms with Crippen LogP contribution in [0.1, 0.15) is 35.2 Å². The summed E-state index contributed by atoms with van der Waals surface area (Å²) in [6.45, 7) is 7.27. The summed E-state index contributed by atoms with van der Waals surface area (Å²) in [6.07, 6.45) is 3.79. The Hall–Kier alpha value is -1.19. The fourth-order valence-corrected chi connectivity index (χ4v) is 2.96. The second-order valence-electron chi connectivity index (χ2n) is 4.75. The van der Waals surface area contributed by atoms with Crippen LogP contribution in [0.25, 0.3) is 0 Å². The van der Waals surface area contributed by atoms with E-state index in [0.29, 0.717) is 0 Å². The summed E-state index contributed by atoms with van der Waals surface area (Å²) in [5.74, 6) is 0. The molecule has 1 heterocycles. The molecule has 0 fully saturated rings. The molecule has 2 nitrogen and oxygen atoms in total. The van der Waals surface area contributed by atoms with Crippen LogP contribution in [0.4, 0.5) is 0 Å². The number of benzene rings is 1. The minimum Gasteiger partial charge on any atom is -0.306 e. The average molecular weight is 319 g/mol. The Labute approximate surface area is 123 Å². The number of rotatable bonds is 4. The molecule has 1 atom stereocenters. The number of hydrogen-bond acceptors (Lipinski definition) is 2. The molecule has 0 saturated carbocycles. The fraction of sp³-hybridized carbons (Fsp3) is 0.312. The van der Waals surface area contributed by atoms with Gasteiger partial charge in [-0.15, -0.1) is 0 Å². The Kier molecular flexibility index (Phi) is 4.72. The van der Waals surface area contributed by atoms with Crippen molar-refractivity contribution in [3.8, 4) is 0 Å². The van der Waals surface area contributed by atoms with E-state index in [1.54, 1.807) is 0 Å². The van der Waals surface area contributed by atoms with Crippen LogP contribution < -0.4 is 5.32 Å². The largest absolute Gasteiger partial charge is 0.306 e. The molecule has 2 rings (SSSR count). The summed E-state index contributed by atoms with van der Waals surface area (Å²) in [5.41, 5.74) is 5.00. The highest BCUT2D eigenvalue weighted by Crippen LogP contribution is 2.30. The molecule has 19 heavy (non-hydrogen) atoms. The Morgan fingerprint density at radius 3 is 2.63 bits per heavy atom. The van der Waals surface area contributed by atoms with Gasteiger partial charge in [0.2, 0.25) is 0 Å². The van der Waals surface area contributed by atoms with Crippen LogP contribution in [0.3, 0.4) is 0 Å². The van der Waals surface area contributed by atoms with Gasteiger partial charge in [0, 0.05) is 16.9 Å². The predicted molar refractivity (Wildman–Crippen MR) is 83.4 cm³/mol. The van der Waals surface area contributed by atoms with Crippen molar-refractivity contribution in [3.63, 3.8) is 0 Å². The van der Waals surface area contributed by atoms with Crippen molar-refractivity contribution in [2.75, 3.05) is 6.54 Å². The number of nitrogens with one attached hydrogen (secondary N) is 1. The van der Waals surface area contributed by atoms with Crippen LogP contribution in [0, 0.1) is 13.8 Å². The second kappa shape index (κ2) is 6.31. The maximum Gasteiger partial charge on any atom is 0.0605 e. The molecule has 3 heteroatoms. The number of halogens is 1. The Morgan fingerprint density at radius 1 is 1.21 bits per heavy atom. The fourth-order valence-electron chi connectivity index (χ4n) is 2.24. The summed E-state index contributed by atoms with van der Waals surface area (Å²) in [5, 5.41) is 3.55. The molecule has 0 aliphatic heterocycles. The molecule has 0 saturated heterocycles. The van der Waals surface area contributed by atoms with E-state index in [1.807, 2.05) is 12.4 Å². The standard InChI is InChI=1S/C16H19BrN2/c1-4-19-16(14-10-18-8-7-12(14)3)13-6-5-11(2)9-15(13)17/h5-10,16,19H,4H2,1-3H3. The van der Waals surface area contributed by atoms with Gasteiger partial charge in [0.1, 0.15) is 0 Å². The molecule has 0 spiro atoms. The first-order valence-electron chi connectivity index (χ1n) is 6.53. The van der Waals surface area contributed by atoms with E-state index in [9.17, 15) is 0 Å². The van der Waals surface area contributed by atoms with E-state index in [1.165, 1.54) is 22.3 Å². The first-order chi connectivity index (χ1) is 9.13. The maximum absolute atomic E-state index is 4.27. The van der Waals surface area contributed by atoms with Gasteiger partial charge in [0.25, 0.3) is 0 Å². The van der Waals surface area contributed by atoms with Crippen molar-refractivity contribution < 1.29 is 0 Å². The Morgan fingerprint density at radius 2 is 2.00 bits per heavy atom. The minimum atomic E-state index is 0.175. The van der Waals surface area contributed by atoms with E-state index < -0.39 is 0 Å². The topological polar surface area (TPSA) is 24.9 Å². The number of pyridine rings is 1. The maximum atomic E-state index is 4.27. The van der Waals surface area contributed by atoms with Gasteiger partial charge in [0.05, 0.1) is 6.04 Å². The molecule has 0 aliphatic carbocycles. The van der Waals surface area contributed by atoms with Crippen LogP contribution in [0.15, 0.2) is 41.1 Å². The molecule has 1 N–H and O–H groups in total. The smallest absolute Gasteiger partial charge is 0.0605 e. The summed E-state index contributed by atoms with van der Waals surface area (Å²) in [6, 6.07) is 8.72. The van der Waals surface area contributed by atoms with Gasteiger partial charge in [-0.05, 0) is 54.8 Å². The third-order valence-electron chi connectivity index (χ3n) is 3.27. The number of nitrogens with zero attached hydrogens (tertiary/aromatic N) is 1. The van der Waals surface area contributed by atoms with Gasteiger partial charge in [-0.1, -0.05) is 35.0 Å². The zero-order valence-electron chi connectivity index (χ0n) is 11.6. The van der Waals surface area contributed by atoms with E-state index in [-0.39, 0.29) is 6.04 Å². The first kappa shape index (κ1) is 14.2. The molecular formula is C16H19BrN2. The molecule has 0 radical (unpaired) electrons. The highest BCUT2D eigenvalue weighted by atomic mass is 79.9. The second-order valence-corrected chi connectivity index (χ2v) is 5.60. The summed E-state index contributed by atoms with van der Waals surface area (Å²) >= 11 is 3.68. The van der Waals surface area contributed by atoms with Crippen LogP contribution >= 0.6 is 15.9 Å². The number of aryl methyl sites for hydroxylation is 2. The van der Waals surface area contributed by atoms with Crippen LogP contribution in [-0.2, 0) is 0 Å². The van der Waals surface area contributed by atoms with Crippen molar-refractivity contribution in [1.82, 2.24) is 10.3 Å². The summed E-state index contributed by atoms with van der Waals surface area (Å²) in [4.78, 5) is 4.27. The summed E-state index contributed by atoms with van der Waals surface area (Å²) in [7, 11) is 0. The van der Waals surface area contributed by atoms with E-state index in [2.05, 4.69) is 71.3 Å². The van der Waals surface area contributed by atoms with E-state index >= 15 is 0 Å². The molecule has 1 aromatic heterocycles. The Bertz CT molecular complexity index is 566. The number of aromatic nitrogens is 1. The first-order valence-corrected chi connectivity index (χ1v) is 7.32. The van der Waals surface area contributed by atoms with Crippen molar-refractivity contribution in [2.24, 2.45) is 0 Å². The van der Waals surface area contributed by atoms with Gasteiger partial charge in [0.15, 0.2) is 0 Å². The van der Waals surface area contributed by atoms with Gasteiger partial charge < -0.3 is 5.32 Å². The highest BCUT2D eigenvalue weighted by Gasteiger charge is 2.17. The van der Waals surface area contributed by atoms with Gasteiger partial charge >= 0.3 is 0 Å². The molecule has 0 bridgehead atoms. The van der Waals surface area contributed by atoms with Gasteiger partial charge in [-0.25, -0.2) is 0 Å². The highest BCUT2D eigenvalue weighted by molar-refractivity contribution is 9.10. The third kappa shape index (κ3) is 3.23. The van der Waals surface area contributed by atoms with Crippen molar-refractivity contribution in [2.45, 2.75) is 26.8 Å². The molecule has 0 amide bonds. The lowest BCUT2D eigenvalue weighted by molar-refractivity contribution is 0.623. The van der Waals surface area contributed by atoms with Crippen LogP contribution in [0.2, 0.25) is 0 Å². The molecule has 2 aromatic rings. The van der Waals surface area contributed by atoms with E-state index in [0.717, 1.165) is 11.0 Å². The van der Waals surface area contributed by atoms with Crippen molar-refractivity contribution >= 4 is 15.9 Å². The van der Waals surface area contributed by atoms with Gasteiger partial charge in [-0.3, -0.25) is 4.98 Å².